The molecule has 3 aromatic carbocycles. The van der Waals surface area contributed by atoms with Gasteiger partial charge in [-0.05, 0) is 119 Å². The zero-order valence-electron chi connectivity index (χ0n) is 36.3. The first kappa shape index (κ1) is 43.5. The molecule has 330 valence electrons. The number of rotatable bonds is 15. The van der Waals surface area contributed by atoms with Gasteiger partial charge in [0.05, 0.1) is 17.0 Å². The molecule has 1 unspecified atom stereocenters. The van der Waals surface area contributed by atoms with Crippen molar-refractivity contribution in [3.05, 3.63) is 90.3 Å². The third kappa shape index (κ3) is 9.74. The van der Waals surface area contributed by atoms with E-state index >= 15 is 0 Å². The van der Waals surface area contributed by atoms with Crippen LogP contribution in [0.3, 0.4) is 0 Å². The van der Waals surface area contributed by atoms with E-state index in [1.807, 2.05) is 60.7 Å². The second-order valence-electron chi connectivity index (χ2n) is 17.1. The molecule has 0 spiro atoms. The van der Waals surface area contributed by atoms with E-state index in [1.165, 1.54) is 18.3 Å². The van der Waals surface area contributed by atoms with Crippen LogP contribution in [0.1, 0.15) is 78.1 Å². The summed E-state index contributed by atoms with van der Waals surface area (Å²) < 4.78 is 8.11. The van der Waals surface area contributed by atoms with Gasteiger partial charge >= 0.3 is 0 Å². The minimum atomic E-state index is -0.818. The van der Waals surface area contributed by atoms with Crippen molar-refractivity contribution in [2.24, 2.45) is 5.92 Å². The van der Waals surface area contributed by atoms with Gasteiger partial charge in [0.2, 0.25) is 5.91 Å². The second-order valence-corrected chi connectivity index (χ2v) is 17.1. The van der Waals surface area contributed by atoms with E-state index in [9.17, 15) is 19.2 Å². The summed E-state index contributed by atoms with van der Waals surface area (Å²) in [5.74, 6) is 1.78. The van der Waals surface area contributed by atoms with E-state index in [0.29, 0.717) is 24.1 Å². The maximum Gasteiger partial charge on any atom is 0.255 e. The highest BCUT2D eigenvalue weighted by Crippen LogP contribution is 2.36. The number of benzene rings is 3. The monoisotopic (exact) mass is 854 g/mol. The molecule has 15 heteroatoms. The number of nitrogen functional groups attached to an aromatic ring is 1. The molecular weight excluding hydrogens is 797 g/mol. The number of para-hydroxylation sites is 1. The Bertz CT molecular complexity index is 2370. The van der Waals surface area contributed by atoms with Crippen molar-refractivity contribution in [2.45, 2.75) is 69.5 Å². The van der Waals surface area contributed by atoms with Gasteiger partial charge < -0.3 is 40.2 Å². The van der Waals surface area contributed by atoms with Gasteiger partial charge in [-0.25, -0.2) is 14.6 Å². The first-order valence-electron chi connectivity index (χ1n) is 22.3. The number of anilines is 2. The SMILES string of the molecule is CNC(=O)C(CCC=O)N(C)C(=O)c1cc(N2CCC(CN3CCC(N4CCC(n5nc(-c6ccc(Oc7ccccc7)cc6)c6c(N)ncnc65)CC4)CC3)CC2)ccc1C=O. The lowest BCUT2D eigenvalue weighted by Crippen LogP contribution is -2.49. The van der Waals surface area contributed by atoms with Crippen molar-refractivity contribution in [2.75, 3.05) is 70.5 Å². The van der Waals surface area contributed by atoms with E-state index < -0.39 is 11.9 Å². The van der Waals surface area contributed by atoms with Gasteiger partial charge in [-0.3, -0.25) is 14.4 Å². The fraction of sp³-hybridized carbons (Fsp3) is 0.438. The van der Waals surface area contributed by atoms with Gasteiger partial charge in [0, 0.05) is 76.1 Å². The molecule has 5 aromatic rings. The Morgan fingerprint density at radius 3 is 2.25 bits per heavy atom. The minimum absolute atomic E-state index is 0.146. The lowest BCUT2D eigenvalue weighted by atomic mass is 9.93. The lowest BCUT2D eigenvalue weighted by Gasteiger charge is -2.43. The van der Waals surface area contributed by atoms with Crippen LogP contribution in [-0.4, -0.2) is 131 Å². The summed E-state index contributed by atoms with van der Waals surface area (Å²) in [5.41, 5.74) is 10.4. The van der Waals surface area contributed by atoms with Crippen LogP contribution in [0.5, 0.6) is 11.5 Å². The number of piperidine rings is 3. The molecule has 3 N–H and O–H groups in total. The molecule has 63 heavy (non-hydrogen) atoms. The maximum absolute atomic E-state index is 13.7. The Balaban J connectivity index is 0.819. The van der Waals surface area contributed by atoms with Crippen molar-refractivity contribution in [1.29, 1.82) is 0 Å². The molecule has 8 rings (SSSR count). The highest BCUT2D eigenvalue weighted by molar-refractivity contribution is 6.04. The van der Waals surface area contributed by atoms with E-state index in [2.05, 4.69) is 34.7 Å². The van der Waals surface area contributed by atoms with E-state index in [-0.39, 0.29) is 35.9 Å². The Hall–Kier alpha value is -6.19. The number of carbonyl (C=O) groups excluding carboxylic acids is 4. The van der Waals surface area contributed by atoms with Crippen molar-refractivity contribution in [3.63, 3.8) is 0 Å². The number of nitrogens with two attached hydrogens (primary N) is 1. The molecule has 3 aliphatic heterocycles. The van der Waals surface area contributed by atoms with Crippen LogP contribution in [0.25, 0.3) is 22.3 Å². The van der Waals surface area contributed by atoms with Crippen LogP contribution in [0.15, 0.2) is 79.1 Å². The second kappa shape index (κ2) is 19.9. The minimum Gasteiger partial charge on any atom is -0.457 e. The van der Waals surface area contributed by atoms with Crippen LogP contribution in [0.4, 0.5) is 11.5 Å². The van der Waals surface area contributed by atoms with Crippen molar-refractivity contribution in [3.8, 4) is 22.8 Å². The van der Waals surface area contributed by atoms with Crippen molar-refractivity contribution in [1.82, 2.24) is 39.8 Å². The summed E-state index contributed by atoms with van der Waals surface area (Å²) >= 11 is 0. The molecule has 1 atom stereocenters. The molecule has 3 aliphatic rings. The summed E-state index contributed by atoms with van der Waals surface area (Å²) in [6.45, 7) is 7.04. The zero-order valence-corrected chi connectivity index (χ0v) is 36.3. The number of amides is 2. The number of ether oxygens (including phenoxy) is 1. The van der Waals surface area contributed by atoms with Crippen molar-refractivity contribution < 1.29 is 23.9 Å². The van der Waals surface area contributed by atoms with Gasteiger partial charge in [0.1, 0.15) is 41.7 Å². The quantitative estimate of drug-likeness (QED) is 0.120. The molecule has 15 nitrogen and oxygen atoms in total. The van der Waals surface area contributed by atoms with E-state index in [1.54, 1.807) is 19.2 Å². The van der Waals surface area contributed by atoms with Crippen LogP contribution in [-0.2, 0) is 9.59 Å². The fourth-order valence-electron chi connectivity index (χ4n) is 9.71. The predicted molar refractivity (Wildman–Crippen MR) is 243 cm³/mol. The topological polar surface area (TPSA) is 172 Å². The largest absolute Gasteiger partial charge is 0.457 e. The van der Waals surface area contributed by atoms with Crippen LogP contribution >= 0.6 is 0 Å². The number of likely N-dealkylation sites (tertiary alicyclic amines) is 2. The van der Waals surface area contributed by atoms with E-state index in [0.717, 1.165) is 130 Å². The number of fused-ring (bicyclic) bond motifs is 1. The normalized spacial score (nSPS) is 17.7. The van der Waals surface area contributed by atoms with Gasteiger partial charge in [-0.2, -0.15) is 5.10 Å². The lowest BCUT2D eigenvalue weighted by molar-refractivity contribution is -0.125. The Labute approximate surface area is 368 Å². The summed E-state index contributed by atoms with van der Waals surface area (Å²) in [7, 11) is 3.05. The summed E-state index contributed by atoms with van der Waals surface area (Å²) in [5, 5.41) is 8.51. The smallest absolute Gasteiger partial charge is 0.255 e. The molecule has 3 saturated heterocycles. The molecule has 2 amide bonds. The van der Waals surface area contributed by atoms with Crippen LogP contribution in [0.2, 0.25) is 0 Å². The molecule has 0 bridgehead atoms. The molecule has 3 fully saturated rings. The van der Waals surface area contributed by atoms with Gasteiger partial charge in [0.25, 0.3) is 5.91 Å². The predicted octanol–water partition coefficient (Wildman–Crippen LogP) is 5.86. The number of hydrogen-bond donors (Lipinski definition) is 2. The third-order valence-corrected chi connectivity index (χ3v) is 13.3. The van der Waals surface area contributed by atoms with Crippen LogP contribution in [0, 0.1) is 5.92 Å². The molecule has 0 saturated carbocycles. The first-order chi connectivity index (χ1) is 30.7. The summed E-state index contributed by atoms with van der Waals surface area (Å²) in [4.78, 5) is 67.2. The molecule has 0 aliphatic carbocycles. The fourth-order valence-corrected chi connectivity index (χ4v) is 9.71. The average molecular weight is 855 g/mol. The number of nitrogens with zero attached hydrogens (tertiary/aromatic N) is 8. The van der Waals surface area contributed by atoms with Gasteiger partial charge in [-0.1, -0.05) is 18.2 Å². The highest BCUT2D eigenvalue weighted by atomic mass is 16.5. The average Bonchev–Trinajstić information content (AvgIpc) is 3.73. The maximum atomic E-state index is 13.7. The Morgan fingerprint density at radius 2 is 1.57 bits per heavy atom. The number of aromatic nitrogens is 4. The first-order valence-corrected chi connectivity index (χ1v) is 22.3. The molecular formula is C48H58N10O5. The molecule has 0 radical (unpaired) electrons. The number of carbonyl (C=O) groups is 4. The van der Waals surface area contributed by atoms with Crippen molar-refractivity contribution >= 4 is 46.9 Å². The van der Waals surface area contributed by atoms with Gasteiger partial charge in [-0.15, -0.1) is 0 Å². The number of hydrogen-bond acceptors (Lipinski definition) is 12. The Kier molecular flexibility index (Phi) is 13.7. The Morgan fingerprint density at radius 1 is 0.873 bits per heavy atom. The standard InChI is InChI=1S/C48H58N10O5/c1-50-47(61)42(9-6-28-59)54(2)48(62)41-29-38(13-10-35(41)31-60)57-24-16-33(17-25-57)30-55-22-18-36(19-23-55)56-26-20-37(21-27-56)58-46-43(45(49)51-32-52-46)44(53-58)34-11-14-40(15-12-34)63-39-7-4-3-5-8-39/h3-5,7-8,10-15,28-29,31-33,36-37,42H,6,9,16-27,30H2,1-2H3,(H,50,61)(H2,49,51,52). The van der Waals surface area contributed by atoms with E-state index in [4.69, 9.17) is 15.6 Å². The number of likely N-dealkylation sites (N-methyl/N-ethyl adjacent to an activating group) is 2. The number of aldehydes is 2. The van der Waals surface area contributed by atoms with Gasteiger partial charge in [0.15, 0.2) is 11.9 Å². The third-order valence-electron chi connectivity index (χ3n) is 13.3. The van der Waals surface area contributed by atoms with Crippen LogP contribution < -0.4 is 20.7 Å². The highest BCUT2D eigenvalue weighted by Gasteiger charge is 2.33. The zero-order chi connectivity index (χ0) is 43.9. The summed E-state index contributed by atoms with van der Waals surface area (Å²) in [6.07, 6.45) is 9.70. The molecule has 5 heterocycles. The summed E-state index contributed by atoms with van der Waals surface area (Å²) in [6, 6.07) is 23.0. The molecule has 2 aromatic heterocycles. The number of nitrogens with one attached hydrogen (secondary N) is 1.